The summed E-state index contributed by atoms with van der Waals surface area (Å²) in [5, 5.41) is 3.48. The van der Waals surface area contributed by atoms with Crippen LogP contribution in [0.15, 0.2) is 29.3 Å². The summed E-state index contributed by atoms with van der Waals surface area (Å²) in [5.74, 6) is 1.79. The zero-order valence-corrected chi connectivity index (χ0v) is 17.6. The van der Waals surface area contributed by atoms with Crippen LogP contribution < -0.4 is 5.32 Å². The van der Waals surface area contributed by atoms with Gasteiger partial charge in [-0.3, -0.25) is 4.99 Å². The van der Waals surface area contributed by atoms with Gasteiger partial charge in [0, 0.05) is 40.4 Å². The minimum atomic E-state index is 0. The largest absolute Gasteiger partial charge is 0.381 e. The van der Waals surface area contributed by atoms with Gasteiger partial charge in [-0.2, -0.15) is 0 Å². The van der Waals surface area contributed by atoms with Crippen molar-refractivity contribution in [3.05, 3.63) is 35.4 Å². The van der Waals surface area contributed by atoms with Gasteiger partial charge in [0.1, 0.15) is 0 Å². The van der Waals surface area contributed by atoms with E-state index in [1.807, 2.05) is 7.05 Å². The first-order chi connectivity index (χ1) is 11.2. The second-order valence-electron chi connectivity index (χ2n) is 6.48. The minimum Gasteiger partial charge on any atom is -0.381 e. The van der Waals surface area contributed by atoms with Gasteiger partial charge in [0.2, 0.25) is 0 Å². The van der Waals surface area contributed by atoms with Gasteiger partial charge in [-0.1, -0.05) is 29.8 Å². The van der Waals surface area contributed by atoms with Gasteiger partial charge in [-0.05, 0) is 44.1 Å². The fourth-order valence-corrected chi connectivity index (χ4v) is 3.09. The van der Waals surface area contributed by atoms with Crippen molar-refractivity contribution in [2.45, 2.75) is 32.6 Å². The molecule has 0 radical (unpaired) electrons. The molecule has 1 fully saturated rings. The predicted molar refractivity (Wildman–Crippen MR) is 112 cm³/mol. The van der Waals surface area contributed by atoms with E-state index >= 15 is 0 Å². The molecular formula is C19H32IN3O. The number of rotatable bonds is 6. The summed E-state index contributed by atoms with van der Waals surface area (Å²) in [5.41, 5.74) is 2.69. The third kappa shape index (κ3) is 7.38. The third-order valence-corrected chi connectivity index (χ3v) is 4.57. The molecular weight excluding hydrogens is 413 g/mol. The van der Waals surface area contributed by atoms with Gasteiger partial charge in [-0.15, -0.1) is 24.0 Å². The summed E-state index contributed by atoms with van der Waals surface area (Å²) in [7, 11) is 3.99. The number of nitrogens with zero attached hydrogens (tertiary/aromatic N) is 2. The molecule has 0 atom stereocenters. The first kappa shape index (κ1) is 21.2. The summed E-state index contributed by atoms with van der Waals surface area (Å²) in [6.45, 7) is 5.96. The smallest absolute Gasteiger partial charge is 0.193 e. The lowest BCUT2D eigenvalue weighted by Crippen LogP contribution is -2.40. The lowest BCUT2D eigenvalue weighted by Gasteiger charge is -2.26. The number of aryl methyl sites for hydroxylation is 1. The Kier molecular flexibility index (Phi) is 10.3. The van der Waals surface area contributed by atoms with E-state index in [1.165, 1.54) is 30.4 Å². The van der Waals surface area contributed by atoms with Crippen molar-refractivity contribution in [1.29, 1.82) is 0 Å². The summed E-state index contributed by atoms with van der Waals surface area (Å²) in [4.78, 5) is 6.65. The van der Waals surface area contributed by atoms with E-state index in [4.69, 9.17) is 4.74 Å². The highest BCUT2D eigenvalue weighted by Gasteiger charge is 2.15. The maximum atomic E-state index is 5.43. The molecule has 0 amide bonds. The molecule has 0 aliphatic carbocycles. The Labute approximate surface area is 164 Å². The van der Waals surface area contributed by atoms with E-state index in [1.54, 1.807) is 0 Å². The molecule has 0 spiro atoms. The summed E-state index contributed by atoms with van der Waals surface area (Å²) in [6.07, 6.45) is 4.65. The first-order valence-electron chi connectivity index (χ1n) is 8.74. The Morgan fingerprint density at radius 2 is 2.08 bits per heavy atom. The predicted octanol–water partition coefficient (Wildman–Crippen LogP) is 3.48. The van der Waals surface area contributed by atoms with Crippen LogP contribution in [0, 0.1) is 12.8 Å². The molecule has 1 aromatic carbocycles. The Bertz CT molecular complexity index is 501. The summed E-state index contributed by atoms with van der Waals surface area (Å²) >= 11 is 0. The van der Waals surface area contributed by atoms with Crippen LogP contribution in [0.4, 0.5) is 0 Å². The molecule has 1 saturated heterocycles. The number of hydrogen-bond donors (Lipinski definition) is 1. The van der Waals surface area contributed by atoms with Crippen molar-refractivity contribution >= 4 is 29.9 Å². The molecule has 136 valence electrons. The van der Waals surface area contributed by atoms with Crippen LogP contribution in [-0.2, 0) is 11.2 Å². The van der Waals surface area contributed by atoms with Crippen molar-refractivity contribution in [3.8, 4) is 0 Å². The Hall–Kier alpha value is -0.820. The number of benzene rings is 1. The van der Waals surface area contributed by atoms with Crippen LogP contribution in [0.5, 0.6) is 0 Å². The van der Waals surface area contributed by atoms with E-state index < -0.39 is 0 Å². The Morgan fingerprint density at radius 3 is 2.75 bits per heavy atom. The number of halogens is 1. The van der Waals surface area contributed by atoms with Crippen molar-refractivity contribution in [2.75, 3.05) is 40.4 Å². The highest BCUT2D eigenvalue weighted by Crippen LogP contribution is 2.18. The van der Waals surface area contributed by atoms with Gasteiger partial charge < -0.3 is 15.0 Å². The van der Waals surface area contributed by atoms with Crippen molar-refractivity contribution < 1.29 is 4.74 Å². The Balaban J connectivity index is 0.00000288. The van der Waals surface area contributed by atoms with E-state index in [0.717, 1.165) is 44.6 Å². The van der Waals surface area contributed by atoms with Crippen LogP contribution in [0.3, 0.4) is 0 Å². The maximum Gasteiger partial charge on any atom is 0.193 e. The number of nitrogens with one attached hydrogen (secondary N) is 1. The second-order valence-corrected chi connectivity index (χ2v) is 6.48. The molecule has 0 saturated carbocycles. The first-order valence-corrected chi connectivity index (χ1v) is 8.74. The summed E-state index contributed by atoms with van der Waals surface area (Å²) in [6, 6.07) is 8.70. The number of guanidine groups is 1. The van der Waals surface area contributed by atoms with Crippen molar-refractivity contribution in [3.63, 3.8) is 0 Å². The third-order valence-electron chi connectivity index (χ3n) is 4.57. The molecule has 4 nitrogen and oxygen atoms in total. The van der Waals surface area contributed by atoms with E-state index in [0.29, 0.717) is 0 Å². The maximum absolute atomic E-state index is 5.43. The molecule has 1 aliphatic rings. The molecule has 1 heterocycles. The lowest BCUT2D eigenvalue weighted by molar-refractivity contribution is 0.0625. The zero-order valence-electron chi connectivity index (χ0n) is 15.3. The van der Waals surface area contributed by atoms with Crippen LogP contribution in [0.25, 0.3) is 0 Å². The number of aliphatic imine (C=N–C) groups is 1. The van der Waals surface area contributed by atoms with Crippen LogP contribution in [-0.4, -0.2) is 51.3 Å². The van der Waals surface area contributed by atoms with Crippen molar-refractivity contribution in [1.82, 2.24) is 10.2 Å². The average molecular weight is 445 g/mol. The molecule has 1 aromatic rings. The molecule has 2 rings (SSSR count). The van der Waals surface area contributed by atoms with Gasteiger partial charge in [0.15, 0.2) is 5.96 Å². The average Bonchev–Trinajstić information content (AvgIpc) is 2.57. The van der Waals surface area contributed by atoms with Gasteiger partial charge in [0.05, 0.1) is 0 Å². The molecule has 24 heavy (non-hydrogen) atoms. The molecule has 5 heteroatoms. The SMILES string of the molecule is CN=C(NCCc1cccc(C)c1)N(C)CCC1CCOCC1.I. The van der Waals surface area contributed by atoms with Crippen LogP contribution >= 0.6 is 24.0 Å². The van der Waals surface area contributed by atoms with Crippen molar-refractivity contribution in [2.24, 2.45) is 10.9 Å². The molecule has 1 aliphatic heterocycles. The van der Waals surface area contributed by atoms with Gasteiger partial charge in [0.25, 0.3) is 0 Å². The molecule has 0 bridgehead atoms. The quantitative estimate of drug-likeness (QED) is 0.414. The lowest BCUT2D eigenvalue weighted by atomic mass is 9.96. The topological polar surface area (TPSA) is 36.9 Å². The monoisotopic (exact) mass is 445 g/mol. The minimum absolute atomic E-state index is 0. The zero-order chi connectivity index (χ0) is 16.5. The molecule has 0 aromatic heterocycles. The number of hydrogen-bond acceptors (Lipinski definition) is 2. The standard InChI is InChI=1S/C19H31N3O.HI/c1-16-5-4-6-18(15-16)7-11-21-19(20-2)22(3)12-8-17-9-13-23-14-10-17;/h4-6,15,17H,7-14H2,1-3H3,(H,20,21);1H. The Morgan fingerprint density at radius 1 is 1.33 bits per heavy atom. The van der Waals surface area contributed by atoms with E-state index in [9.17, 15) is 0 Å². The fraction of sp³-hybridized carbons (Fsp3) is 0.632. The van der Waals surface area contributed by atoms with Crippen LogP contribution in [0.2, 0.25) is 0 Å². The highest BCUT2D eigenvalue weighted by atomic mass is 127. The normalized spacial score (nSPS) is 15.7. The van der Waals surface area contributed by atoms with E-state index in [-0.39, 0.29) is 24.0 Å². The van der Waals surface area contributed by atoms with Gasteiger partial charge in [-0.25, -0.2) is 0 Å². The van der Waals surface area contributed by atoms with Crippen LogP contribution in [0.1, 0.15) is 30.4 Å². The van der Waals surface area contributed by atoms with Gasteiger partial charge >= 0.3 is 0 Å². The van der Waals surface area contributed by atoms with E-state index in [2.05, 4.69) is 53.4 Å². The fourth-order valence-electron chi connectivity index (χ4n) is 3.09. The second kappa shape index (κ2) is 11.7. The molecule has 1 N–H and O–H groups in total. The summed E-state index contributed by atoms with van der Waals surface area (Å²) < 4.78 is 5.43. The molecule has 0 unspecified atom stereocenters. The highest BCUT2D eigenvalue weighted by molar-refractivity contribution is 14.0. The number of ether oxygens (including phenoxy) is 1.